The highest BCUT2D eigenvalue weighted by Gasteiger charge is 2.18. The lowest BCUT2D eigenvalue weighted by Crippen LogP contribution is -2.05. The molecule has 0 aliphatic heterocycles. The summed E-state index contributed by atoms with van der Waals surface area (Å²) in [5.41, 5.74) is 1.26. The van der Waals surface area contributed by atoms with Crippen LogP contribution >= 0.6 is 11.6 Å². The summed E-state index contributed by atoms with van der Waals surface area (Å²) in [4.78, 5) is 10.6. The summed E-state index contributed by atoms with van der Waals surface area (Å²) >= 11 is 6.08. The third-order valence-corrected chi connectivity index (χ3v) is 3.73. The van der Waals surface area contributed by atoms with Gasteiger partial charge in [-0.1, -0.05) is 31.5 Å². The highest BCUT2D eigenvalue weighted by atomic mass is 35.5. The van der Waals surface area contributed by atoms with E-state index in [1.165, 1.54) is 6.07 Å². The van der Waals surface area contributed by atoms with E-state index in [-0.39, 0.29) is 11.6 Å². The average molecular weight is 309 g/mol. The predicted molar refractivity (Wildman–Crippen MR) is 81.4 cm³/mol. The van der Waals surface area contributed by atoms with E-state index < -0.39 is 11.0 Å². The molecule has 0 spiro atoms. The molecule has 1 unspecified atom stereocenters. The van der Waals surface area contributed by atoms with Crippen molar-refractivity contribution in [2.24, 2.45) is 5.92 Å². The number of nitrogens with zero attached hydrogens (tertiary/aromatic N) is 2. The van der Waals surface area contributed by atoms with Crippen LogP contribution in [0.5, 0.6) is 0 Å². The van der Waals surface area contributed by atoms with Crippen molar-refractivity contribution in [3.63, 3.8) is 0 Å². The van der Waals surface area contributed by atoms with Crippen LogP contribution in [-0.2, 0) is 6.54 Å². The Morgan fingerprint density at radius 2 is 2.10 bits per heavy atom. The van der Waals surface area contributed by atoms with E-state index in [2.05, 4.69) is 0 Å². The number of aliphatic hydroxyl groups is 1. The second kappa shape index (κ2) is 6.28. The summed E-state index contributed by atoms with van der Waals surface area (Å²) in [6, 6.07) is 6.45. The lowest BCUT2D eigenvalue weighted by atomic mass is 10.0. The summed E-state index contributed by atoms with van der Waals surface area (Å²) in [5.74, 6) is 0.107. The minimum absolute atomic E-state index is 0.00200. The van der Waals surface area contributed by atoms with Gasteiger partial charge in [0.15, 0.2) is 0 Å². The van der Waals surface area contributed by atoms with Crippen LogP contribution in [0.1, 0.15) is 31.1 Å². The molecule has 1 heterocycles. The molecule has 1 aromatic heterocycles. The van der Waals surface area contributed by atoms with Gasteiger partial charge in [-0.15, -0.1) is 0 Å². The van der Waals surface area contributed by atoms with Gasteiger partial charge in [-0.25, -0.2) is 0 Å². The molecule has 1 aromatic carbocycles. The van der Waals surface area contributed by atoms with Gasteiger partial charge in [0.05, 0.1) is 28.2 Å². The molecule has 0 saturated heterocycles. The molecule has 6 heteroatoms. The topological polar surface area (TPSA) is 68.3 Å². The average Bonchev–Trinajstić information content (AvgIpc) is 2.88. The number of aromatic nitrogens is 1. The number of hydrogen-bond acceptors (Lipinski definition) is 3. The van der Waals surface area contributed by atoms with Crippen LogP contribution in [0.3, 0.4) is 0 Å². The number of aliphatic hydroxyl groups excluding tert-OH is 1. The zero-order chi connectivity index (χ0) is 15.6. The van der Waals surface area contributed by atoms with E-state index in [0.717, 1.165) is 5.56 Å². The lowest BCUT2D eigenvalue weighted by molar-refractivity contribution is -0.385. The van der Waals surface area contributed by atoms with Crippen molar-refractivity contribution < 1.29 is 10.0 Å². The number of nitro groups is 1. The van der Waals surface area contributed by atoms with E-state index in [0.29, 0.717) is 17.1 Å². The first-order valence-corrected chi connectivity index (χ1v) is 7.03. The molecule has 1 N–H and O–H groups in total. The van der Waals surface area contributed by atoms with Gasteiger partial charge in [-0.2, -0.15) is 0 Å². The predicted octanol–water partition coefficient (Wildman–Crippen LogP) is 3.79. The van der Waals surface area contributed by atoms with Crippen LogP contribution in [0.2, 0.25) is 5.02 Å². The molecule has 21 heavy (non-hydrogen) atoms. The lowest BCUT2D eigenvalue weighted by Gasteiger charge is -2.12. The standard InChI is InChI=1S/C15H17ClN2O3/c1-10(2)15(19)11-6-7-17(8-11)9-12-13(16)4-3-5-14(12)18(20)21/h3-8,10,15,19H,9H2,1-2H3. The number of rotatable bonds is 5. The minimum Gasteiger partial charge on any atom is -0.388 e. The van der Waals surface area contributed by atoms with Crippen molar-refractivity contribution in [1.29, 1.82) is 0 Å². The zero-order valence-electron chi connectivity index (χ0n) is 11.9. The summed E-state index contributed by atoms with van der Waals surface area (Å²) in [5, 5.41) is 21.5. The van der Waals surface area contributed by atoms with Crippen molar-refractivity contribution in [1.82, 2.24) is 4.57 Å². The SMILES string of the molecule is CC(C)C(O)c1ccn(Cc2c(Cl)cccc2[N+](=O)[O-])c1. The first-order chi connectivity index (χ1) is 9.90. The molecule has 5 nitrogen and oxygen atoms in total. The molecular weight excluding hydrogens is 292 g/mol. The molecule has 0 aliphatic carbocycles. The second-order valence-corrected chi connectivity index (χ2v) is 5.71. The summed E-state index contributed by atoms with van der Waals surface area (Å²) < 4.78 is 1.79. The van der Waals surface area contributed by atoms with Gasteiger partial charge in [-0.05, 0) is 23.6 Å². The minimum atomic E-state index is -0.549. The Hall–Kier alpha value is -1.85. The van der Waals surface area contributed by atoms with Crippen LogP contribution < -0.4 is 0 Å². The monoisotopic (exact) mass is 308 g/mol. The smallest absolute Gasteiger partial charge is 0.275 e. The Bertz CT molecular complexity index is 652. The van der Waals surface area contributed by atoms with E-state index in [4.69, 9.17) is 11.6 Å². The molecule has 0 bridgehead atoms. The van der Waals surface area contributed by atoms with E-state index >= 15 is 0 Å². The molecule has 0 fully saturated rings. The third kappa shape index (κ3) is 3.43. The number of benzene rings is 1. The number of hydrogen-bond donors (Lipinski definition) is 1. The summed E-state index contributed by atoms with van der Waals surface area (Å²) in [6.45, 7) is 4.16. The molecule has 2 rings (SSSR count). The van der Waals surface area contributed by atoms with E-state index in [1.807, 2.05) is 19.9 Å². The molecule has 1 atom stereocenters. The van der Waals surface area contributed by atoms with Gasteiger partial charge in [0, 0.05) is 18.5 Å². The molecule has 2 aromatic rings. The first kappa shape index (κ1) is 15.5. The van der Waals surface area contributed by atoms with Crippen molar-refractivity contribution in [3.8, 4) is 0 Å². The first-order valence-electron chi connectivity index (χ1n) is 6.65. The highest BCUT2D eigenvalue weighted by Crippen LogP contribution is 2.28. The molecule has 0 saturated carbocycles. The Labute approximate surface area is 127 Å². The van der Waals surface area contributed by atoms with Crippen molar-refractivity contribution in [2.45, 2.75) is 26.5 Å². The fourth-order valence-electron chi connectivity index (χ4n) is 2.17. The summed E-state index contributed by atoms with van der Waals surface area (Å²) in [6.07, 6.45) is 3.03. The Morgan fingerprint density at radius 1 is 1.38 bits per heavy atom. The van der Waals surface area contributed by atoms with Crippen molar-refractivity contribution in [3.05, 3.63) is 62.9 Å². The fourth-order valence-corrected chi connectivity index (χ4v) is 2.40. The zero-order valence-corrected chi connectivity index (χ0v) is 12.6. The highest BCUT2D eigenvalue weighted by molar-refractivity contribution is 6.31. The van der Waals surface area contributed by atoms with Gasteiger partial charge in [0.1, 0.15) is 0 Å². The maximum absolute atomic E-state index is 11.1. The van der Waals surface area contributed by atoms with Crippen LogP contribution in [-0.4, -0.2) is 14.6 Å². The second-order valence-electron chi connectivity index (χ2n) is 5.30. The van der Waals surface area contributed by atoms with Crippen molar-refractivity contribution >= 4 is 17.3 Å². The van der Waals surface area contributed by atoms with Crippen LogP contribution in [0, 0.1) is 16.0 Å². The third-order valence-electron chi connectivity index (χ3n) is 3.38. The Kier molecular flexibility index (Phi) is 4.65. The van der Waals surface area contributed by atoms with Gasteiger partial charge >= 0.3 is 0 Å². The van der Waals surface area contributed by atoms with Crippen LogP contribution in [0.4, 0.5) is 5.69 Å². The molecule has 0 amide bonds. The Balaban J connectivity index is 2.29. The molecule has 0 aliphatic rings. The van der Waals surface area contributed by atoms with Gasteiger partial charge in [0.2, 0.25) is 0 Å². The van der Waals surface area contributed by atoms with Gasteiger partial charge in [-0.3, -0.25) is 10.1 Å². The Morgan fingerprint density at radius 3 is 2.71 bits per heavy atom. The fraction of sp³-hybridized carbons (Fsp3) is 0.333. The van der Waals surface area contributed by atoms with E-state index in [9.17, 15) is 15.2 Å². The van der Waals surface area contributed by atoms with Crippen LogP contribution in [0.25, 0.3) is 0 Å². The number of nitro benzene ring substituents is 1. The van der Waals surface area contributed by atoms with E-state index in [1.54, 1.807) is 29.1 Å². The normalized spacial score (nSPS) is 12.6. The van der Waals surface area contributed by atoms with Gasteiger partial charge < -0.3 is 9.67 Å². The number of halogens is 1. The van der Waals surface area contributed by atoms with Crippen molar-refractivity contribution in [2.75, 3.05) is 0 Å². The quantitative estimate of drug-likeness (QED) is 0.675. The molecule has 0 radical (unpaired) electrons. The maximum atomic E-state index is 11.1. The summed E-state index contributed by atoms with van der Waals surface area (Å²) in [7, 11) is 0. The van der Waals surface area contributed by atoms with Gasteiger partial charge in [0.25, 0.3) is 5.69 Å². The molecule has 112 valence electrons. The largest absolute Gasteiger partial charge is 0.388 e. The van der Waals surface area contributed by atoms with Crippen LogP contribution in [0.15, 0.2) is 36.7 Å². The molecular formula is C15H17ClN2O3. The maximum Gasteiger partial charge on any atom is 0.275 e.